The van der Waals surface area contributed by atoms with Gasteiger partial charge in [-0.2, -0.15) is 11.8 Å². The number of aromatic nitrogens is 2. The monoisotopic (exact) mass is 284 g/mol. The molecule has 20 heavy (non-hydrogen) atoms. The van der Waals surface area contributed by atoms with Crippen LogP contribution in [-0.2, 0) is 5.75 Å². The van der Waals surface area contributed by atoms with E-state index in [4.69, 9.17) is 0 Å². The van der Waals surface area contributed by atoms with Crippen LogP contribution in [0.2, 0.25) is 0 Å². The summed E-state index contributed by atoms with van der Waals surface area (Å²) in [6.07, 6.45) is 5.72. The predicted molar refractivity (Wildman–Crippen MR) is 82.2 cm³/mol. The van der Waals surface area contributed by atoms with Gasteiger partial charge in [-0.25, -0.2) is 4.39 Å². The van der Waals surface area contributed by atoms with Crippen molar-refractivity contribution < 1.29 is 4.39 Å². The maximum absolute atomic E-state index is 13.3. The zero-order valence-electron chi connectivity index (χ0n) is 11.0. The van der Waals surface area contributed by atoms with Crippen LogP contribution in [-0.4, -0.2) is 16.2 Å². The van der Waals surface area contributed by atoms with Crippen LogP contribution in [0.3, 0.4) is 0 Å². The third-order valence-electron chi connectivity index (χ3n) is 3.07. The first kappa shape index (κ1) is 13.1. The van der Waals surface area contributed by atoms with E-state index in [1.54, 1.807) is 24.0 Å². The highest BCUT2D eigenvalue weighted by molar-refractivity contribution is 7.97. The quantitative estimate of drug-likeness (QED) is 0.717. The molecule has 3 aromatic rings. The molecule has 0 atom stereocenters. The number of nitrogens with zero attached hydrogens (tertiary/aromatic N) is 2. The molecule has 0 amide bonds. The number of halogens is 1. The van der Waals surface area contributed by atoms with Crippen LogP contribution in [0.5, 0.6) is 0 Å². The number of fused-ring (bicyclic) bond motifs is 1. The third-order valence-corrected chi connectivity index (χ3v) is 3.70. The molecule has 3 rings (SSSR count). The molecule has 0 unspecified atom stereocenters. The summed E-state index contributed by atoms with van der Waals surface area (Å²) < 4.78 is 13.3. The Labute approximate surface area is 121 Å². The lowest BCUT2D eigenvalue weighted by molar-refractivity contribution is 0.629. The zero-order valence-corrected chi connectivity index (χ0v) is 11.8. The molecule has 1 aromatic carbocycles. The lowest BCUT2D eigenvalue weighted by Gasteiger charge is -2.04. The molecule has 0 saturated heterocycles. The summed E-state index contributed by atoms with van der Waals surface area (Å²) in [6, 6.07) is 10.6. The van der Waals surface area contributed by atoms with Gasteiger partial charge in [0.25, 0.3) is 0 Å². The number of pyridine rings is 2. The first-order chi connectivity index (χ1) is 9.76. The van der Waals surface area contributed by atoms with Gasteiger partial charge in [-0.15, -0.1) is 0 Å². The number of hydrogen-bond donors (Lipinski definition) is 0. The number of benzene rings is 1. The average molecular weight is 284 g/mol. The van der Waals surface area contributed by atoms with E-state index in [1.807, 2.05) is 18.3 Å². The number of thioether (sulfide) groups is 1. The van der Waals surface area contributed by atoms with Gasteiger partial charge in [0, 0.05) is 29.1 Å². The molecule has 2 nitrogen and oxygen atoms in total. The Morgan fingerprint density at radius 2 is 1.95 bits per heavy atom. The summed E-state index contributed by atoms with van der Waals surface area (Å²) in [4.78, 5) is 8.80. The van der Waals surface area contributed by atoms with Crippen molar-refractivity contribution in [2.75, 3.05) is 6.26 Å². The standard InChI is InChI=1S/C16H13FN2S/c1-20-10-11-2-4-16(18-8-11)13-6-12-7-14(17)3-5-15(12)19-9-13/h2-9H,10H2,1H3. The predicted octanol–water partition coefficient (Wildman–Crippen LogP) is 4.30. The Morgan fingerprint density at radius 3 is 2.70 bits per heavy atom. The first-order valence-corrected chi connectivity index (χ1v) is 7.65. The normalized spacial score (nSPS) is 10.9. The Kier molecular flexibility index (Phi) is 3.65. The second kappa shape index (κ2) is 5.59. The van der Waals surface area contributed by atoms with Gasteiger partial charge in [0.15, 0.2) is 0 Å². The van der Waals surface area contributed by atoms with Gasteiger partial charge < -0.3 is 0 Å². The maximum Gasteiger partial charge on any atom is 0.123 e. The molecule has 4 heteroatoms. The molecule has 0 bridgehead atoms. The van der Waals surface area contributed by atoms with Gasteiger partial charge in [-0.1, -0.05) is 6.07 Å². The summed E-state index contributed by atoms with van der Waals surface area (Å²) in [5.41, 5.74) is 3.74. The van der Waals surface area contributed by atoms with Crippen LogP contribution in [0, 0.1) is 5.82 Å². The van der Waals surface area contributed by atoms with Crippen molar-refractivity contribution in [1.29, 1.82) is 0 Å². The molecule has 0 fully saturated rings. The number of hydrogen-bond acceptors (Lipinski definition) is 3. The second-order valence-electron chi connectivity index (χ2n) is 4.55. The molecule has 2 aromatic heterocycles. The van der Waals surface area contributed by atoms with Gasteiger partial charge in [-0.3, -0.25) is 9.97 Å². The van der Waals surface area contributed by atoms with Crippen molar-refractivity contribution in [2.45, 2.75) is 5.75 Å². The van der Waals surface area contributed by atoms with Crippen molar-refractivity contribution in [3.8, 4) is 11.3 Å². The molecule has 2 heterocycles. The van der Waals surface area contributed by atoms with Crippen LogP contribution in [0.4, 0.5) is 4.39 Å². The molecule has 0 aliphatic rings. The second-order valence-corrected chi connectivity index (χ2v) is 5.41. The largest absolute Gasteiger partial charge is 0.256 e. The van der Waals surface area contributed by atoms with Crippen LogP contribution in [0.1, 0.15) is 5.56 Å². The smallest absolute Gasteiger partial charge is 0.123 e. The highest BCUT2D eigenvalue weighted by atomic mass is 32.2. The summed E-state index contributed by atoms with van der Waals surface area (Å²) >= 11 is 1.77. The van der Waals surface area contributed by atoms with E-state index < -0.39 is 0 Å². The highest BCUT2D eigenvalue weighted by Crippen LogP contribution is 2.22. The Morgan fingerprint density at radius 1 is 1.05 bits per heavy atom. The van der Waals surface area contributed by atoms with E-state index in [9.17, 15) is 4.39 Å². The Hall–Kier alpha value is -1.94. The van der Waals surface area contributed by atoms with Crippen LogP contribution in [0.25, 0.3) is 22.2 Å². The van der Waals surface area contributed by atoms with E-state index in [0.29, 0.717) is 0 Å². The van der Waals surface area contributed by atoms with E-state index in [0.717, 1.165) is 27.9 Å². The average Bonchev–Trinajstić information content (AvgIpc) is 2.47. The molecular weight excluding hydrogens is 271 g/mol. The first-order valence-electron chi connectivity index (χ1n) is 6.26. The molecule has 0 spiro atoms. The van der Waals surface area contributed by atoms with E-state index in [2.05, 4.69) is 22.3 Å². The lowest BCUT2D eigenvalue weighted by atomic mass is 10.1. The van der Waals surface area contributed by atoms with Crippen molar-refractivity contribution >= 4 is 22.7 Å². The Balaban J connectivity index is 2.00. The van der Waals surface area contributed by atoms with Crippen molar-refractivity contribution in [1.82, 2.24) is 9.97 Å². The molecular formula is C16H13FN2S. The lowest BCUT2D eigenvalue weighted by Crippen LogP contribution is -1.88. The summed E-state index contributed by atoms with van der Waals surface area (Å²) in [5.74, 6) is 0.703. The zero-order chi connectivity index (χ0) is 13.9. The fourth-order valence-corrected chi connectivity index (χ4v) is 2.59. The van der Waals surface area contributed by atoms with Crippen molar-refractivity contribution in [2.24, 2.45) is 0 Å². The topological polar surface area (TPSA) is 25.8 Å². The maximum atomic E-state index is 13.3. The van der Waals surface area contributed by atoms with Gasteiger partial charge in [0.05, 0.1) is 11.2 Å². The van der Waals surface area contributed by atoms with Gasteiger partial charge >= 0.3 is 0 Å². The van der Waals surface area contributed by atoms with Gasteiger partial charge in [0.2, 0.25) is 0 Å². The Bertz CT molecular complexity index is 741. The molecule has 0 N–H and O–H groups in total. The van der Waals surface area contributed by atoms with Crippen molar-refractivity contribution in [3.05, 3.63) is 60.2 Å². The minimum Gasteiger partial charge on any atom is -0.256 e. The van der Waals surface area contributed by atoms with Crippen LogP contribution >= 0.6 is 11.8 Å². The van der Waals surface area contributed by atoms with Gasteiger partial charge in [-0.05, 0) is 42.2 Å². The summed E-state index contributed by atoms with van der Waals surface area (Å²) in [7, 11) is 0. The fourth-order valence-electron chi connectivity index (χ4n) is 2.09. The molecule has 0 aliphatic heterocycles. The van der Waals surface area contributed by atoms with Crippen molar-refractivity contribution in [3.63, 3.8) is 0 Å². The van der Waals surface area contributed by atoms with E-state index >= 15 is 0 Å². The molecule has 0 radical (unpaired) electrons. The highest BCUT2D eigenvalue weighted by Gasteiger charge is 2.03. The van der Waals surface area contributed by atoms with Crippen LogP contribution in [0.15, 0.2) is 48.8 Å². The van der Waals surface area contributed by atoms with Gasteiger partial charge in [0.1, 0.15) is 5.82 Å². The molecule has 0 saturated carbocycles. The SMILES string of the molecule is CSCc1ccc(-c2cnc3ccc(F)cc3c2)nc1. The molecule has 0 aliphatic carbocycles. The molecule has 100 valence electrons. The third kappa shape index (κ3) is 2.65. The minimum absolute atomic E-state index is 0.250. The van der Waals surface area contributed by atoms with E-state index in [-0.39, 0.29) is 5.82 Å². The van der Waals surface area contributed by atoms with Crippen LogP contribution < -0.4 is 0 Å². The van der Waals surface area contributed by atoms with E-state index in [1.165, 1.54) is 17.7 Å². The fraction of sp³-hybridized carbons (Fsp3) is 0.125. The summed E-state index contributed by atoms with van der Waals surface area (Å²) in [5, 5.41) is 0.789. The summed E-state index contributed by atoms with van der Waals surface area (Å²) in [6.45, 7) is 0. The number of rotatable bonds is 3. The minimum atomic E-state index is -0.250.